The van der Waals surface area contributed by atoms with Crippen LogP contribution < -0.4 is 10.6 Å². The highest BCUT2D eigenvalue weighted by molar-refractivity contribution is 6.01. The molecular formula is C28H30N6O4. The van der Waals surface area contributed by atoms with Gasteiger partial charge in [0.25, 0.3) is 5.91 Å². The number of nitrogens with one attached hydrogen (secondary N) is 2. The molecule has 196 valence electrons. The molecule has 0 unspecified atom stereocenters. The maximum absolute atomic E-state index is 13.1. The molecule has 0 radical (unpaired) electrons. The van der Waals surface area contributed by atoms with E-state index in [0.29, 0.717) is 35.8 Å². The SMILES string of the molecule is C[C@@H]1CNC(=O)c2cc3ccc(C(=O)Cc4cnn(Cc5ccccc5NC(=O)OC(C)(C)C)c4)nc3n21. The largest absolute Gasteiger partial charge is 0.444 e. The van der Waals surface area contributed by atoms with E-state index in [4.69, 9.17) is 4.74 Å². The summed E-state index contributed by atoms with van der Waals surface area (Å²) in [5.74, 6) is -0.272. The molecule has 1 atom stereocenters. The molecule has 4 heterocycles. The summed E-state index contributed by atoms with van der Waals surface area (Å²) in [6, 6.07) is 12.8. The molecule has 2 N–H and O–H groups in total. The first kappa shape index (κ1) is 25.2. The number of nitrogens with zero attached hydrogens (tertiary/aromatic N) is 4. The Labute approximate surface area is 220 Å². The quantitative estimate of drug-likeness (QED) is 0.369. The van der Waals surface area contributed by atoms with E-state index in [2.05, 4.69) is 20.7 Å². The molecule has 1 aliphatic rings. The Balaban J connectivity index is 1.30. The standard InChI is InChI=1S/C28H30N6O4/c1-17-13-29-26(36)23-12-19-9-10-22(31-25(19)34(17)23)24(35)11-18-14-30-33(15-18)16-20-7-5-6-8-21(20)32-27(37)38-28(2,3)4/h5-10,12,14-15,17H,11,13,16H2,1-4H3,(H,29,36)(H,32,37)/t17-/m1/s1. The molecule has 10 heteroatoms. The van der Waals surface area contributed by atoms with Crippen molar-refractivity contribution in [2.75, 3.05) is 11.9 Å². The normalized spacial score (nSPS) is 15.2. The molecule has 0 saturated carbocycles. The monoisotopic (exact) mass is 514 g/mol. The number of para-hydroxylation sites is 1. The first-order chi connectivity index (χ1) is 18.1. The molecule has 38 heavy (non-hydrogen) atoms. The van der Waals surface area contributed by atoms with Gasteiger partial charge in [0.1, 0.15) is 22.6 Å². The molecule has 0 bridgehead atoms. The molecule has 1 aliphatic heterocycles. The predicted octanol–water partition coefficient (Wildman–Crippen LogP) is 4.36. The molecule has 0 saturated heterocycles. The van der Waals surface area contributed by atoms with Gasteiger partial charge >= 0.3 is 6.09 Å². The van der Waals surface area contributed by atoms with Crippen molar-refractivity contribution in [2.45, 2.75) is 52.3 Å². The highest BCUT2D eigenvalue weighted by atomic mass is 16.6. The zero-order valence-corrected chi connectivity index (χ0v) is 21.8. The number of hydrogen-bond acceptors (Lipinski definition) is 6. The Hall–Kier alpha value is -4.47. The van der Waals surface area contributed by atoms with E-state index in [9.17, 15) is 14.4 Å². The lowest BCUT2D eigenvalue weighted by Crippen LogP contribution is -2.37. The van der Waals surface area contributed by atoms with Crippen LogP contribution in [0.15, 0.2) is 54.9 Å². The van der Waals surface area contributed by atoms with Gasteiger partial charge in [-0.3, -0.25) is 19.6 Å². The molecule has 2 amide bonds. The lowest BCUT2D eigenvalue weighted by atomic mass is 10.1. The number of rotatable bonds is 6. The number of amides is 2. The summed E-state index contributed by atoms with van der Waals surface area (Å²) in [7, 11) is 0. The second-order valence-corrected chi connectivity index (χ2v) is 10.5. The van der Waals surface area contributed by atoms with Gasteiger partial charge in [0.2, 0.25) is 0 Å². The maximum atomic E-state index is 13.1. The Morgan fingerprint density at radius 2 is 1.97 bits per heavy atom. The van der Waals surface area contributed by atoms with E-state index in [1.165, 1.54) is 0 Å². The number of hydrogen-bond donors (Lipinski definition) is 2. The van der Waals surface area contributed by atoms with Crippen molar-refractivity contribution in [3.63, 3.8) is 0 Å². The van der Waals surface area contributed by atoms with E-state index in [1.807, 2.05) is 62.7 Å². The van der Waals surface area contributed by atoms with Gasteiger partial charge in [-0.25, -0.2) is 9.78 Å². The lowest BCUT2D eigenvalue weighted by molar-refractivity contribution is 0.0635. The van der Waals surface area contributed by atoms with Gasteiger partial charge in [-0.1, -0.05) is 18.2 Å². The van der Waals surface area contributed by atoms with Crippen LogP contribution in [0, 0.1) is 0 Å². The smallest absolute Gasteiger partial charge is 0.412 e. The van der Waals surface area contributed by atoms with Crippen molar-refractivity contribution < 1.29 is 19.1 Å². The Morgan fingerprint density at radius 1 is 1.18 bits per heavy atom. The van der Waals surface area contributed by atoms with Crippen LogP contribution in [-0.2, 0) is 17.7 Å². The number of fused-ring (bicyclic) bond motifs is 3. The minimum absolute atomic E-state index is 0.0453. The first-order valence-corrected chi connectivity index (χ1v) is 12.5. The fourth-order valence-corrected chi connectivity index (χ4v) is 4.52. The number of carbonyl (C=O) groups excluding carboxylic acids is 3. The van der Waals surface area contributed by atoms with Gasteiger partial charge in [-0.15, -0.1) is 0 Å². The van der Waals surface area contributed by atoms with E-state index in [0.717, 1.165) is 16.5 Å². The van der Waals surface area contributed by atoms with Crippen LogP contribution in [0.1, 0.15) is 65.8 Å². The molecule has 0 aliphatic carbocycles. The zero-order chi connectivity index (χ0) is 27.0. The number of anilines is 1. The maximum Gasteiger partial charge on any atom is 0.412 e. The third-order valence-electron chi connectivity index (χ3n) is 6.24. The van der Waals surface area contributed by atoms with Crippen LogP contribution in [0.3, 0.4) is 0 Å². The number of carbonyl (C=O) groups is 3. The van der Waals surface area contributed by atoms with Crippen LogP contribution in [-0.4, -0.2) is 49.3 Å². The molecule has 10 nitrogen and oxygen atoms in total. The Bertz CT molecular complexity index is 1540. The van der Waals surface area contributed by atoms with Crippen LogP contribution >= 0.6 is 0 Å². The molecule has 3 aromatic heterocycles. The van der Waals surface area contributed by atoms with Crippen LogP contribution in [0.4, 0.5) is 10.5 Å². The summed E-state index contributed by atoms with van der Waals surface area (Å²) in [5.41, 5.74) is 3.16. The van der Waals surface area contributed by atoms with Gasteiger partial charge in [-0.2, -0.15) is 5.10 Å². The number of aromatic nitrogens is 4. The van der Waals surface area contributed by atoms with Gasteiger partial charge in [0.05, 0.1) is 18.8 Å². The first-order valence-electron chi connectivity index (χ1n) is 12.5. The third kappa shape index (κ3) is 5.29. The van der Waals surface area contributed by atoms with Crippen molar-refractivity contribution in [2.24, 2.45) is 0 Å². The number of ketones is 1. The minimum Gasteiger partial charge on any atom is -0.444 e. The highest BCUT2D eigenvalue weighted by Gasteiger charge is 2.26. The van der Waals surface area contributed by atoms with Crippen molar-refractivity contribution >= 4 is 34.5 Å². The fourth-order valence-electron chi connectivity index (χ4n) is 4.52. The highest BCUT2D eigenvalue weighted by Crippen LogP contribution is 2.26. The van der Waals surface area contributed by atoms with Gasteiger partial charge in [-0.05, 0) is 63.1 Å². The summed E-state index contributed by atoms with van der Waals surface area (Å²) < 4.78 is 8.98. The average Bonchev–Trinajstić information content (AvgIpc) is 3.46. The van der Waals surface area contributed by atoms with Crippen LogP contribution in [0.2, 0.25) is 0 Å². The topological polar surface area (TPSA) is 120 Å². The van der Waals surface area contributed by atoms with E-state index in [1.54, 1.807) is 29.1 Å². The summed E-state index contributed by atoms with van der Waals surface area (Å²) in [6.45, 7) is 8.36. The number of pyridine rings is 1. The molecule has 0 fully saturated rings. The van der Waals surface area contributed by atoms with Gasteiger partial charge in [0, 0.05) is 30.2 Å². The summed E-state index contributed by atoms with van der Waals surface area (Å²) in [6.07, 6.45) is 3.08. The van der Waals surface area contributed by atoms with Gasteiger partial charge < -0.3 is 14.6 Å². The molecular weight excluding hydrogens is 484 g/mol. The molecule has 1 aromatic carbocycles. The molecule has 4 aromatic rings. The van der Waals surface area contributed by atoms with Crippen molar-refractivity contribution in [1.82, 2.24) is 24.6 Å². The van der Waals surface area contributed by atoms with Gasteiger partial charge in [0.15, 0.2) is 5.78 Å². The van der Waals surface area contributed by atoms with E-state index in [-0.39, 0.29) is 24.2 Å². The van der Waals surface area contributed by atoms with E-state index < -0.39 is 11.7 Å². The van der Waals surface area contributed by atoms with Crippen molar-refractivity contribution in [1.29, 1.82) is 0 Å². The summed E-state index contributed by atoms with van der Waals surface area (Å²) in [5, 5.41) is 10.9. The van der Waals surface area contributed by atoms with Crippen LogP contribution in [0.25, 0.3) is 11.0 Å². The van der Waals surface area contributed by atoms with Crippen molar-refractivity contribution in [3.8, 4) is 0 Å². The number of ether oxygens (including phenoxy) is 1. The third-order valence-corrected chi connectivity index (χ3v) is 6.24. The number of benzene rings is 1. The average molecular weight is 515 g/mol. The molecule has 5 rings (SSSR count). The second kappa shape index (κ2) is 9.77. The second-order valence-electron chi connectivity index (χ2n) is 10.5. The predicted molar refractivity (Wildman–Crippen MR) is 142 cm³/mol. The molecule has 0 spiro atoms. The minimum atomic E-state index is -0.602. The van der Waals surface area contributed by atoms with E-state index >= 15 is 0 Å². The number of Topliss-reactive ketones (excluding diaryl/α,β-unsaturated/α-hetero) is 1. The Kier molecular flexibility index (Phi) is 6.48. The lowest BCUT2D eigenvalue weighted by Gasteiger charge is -2.23. The Morgan fingerprint density at radius 3 is 2.76 bits per heavy atom. The van der Waals surface area contributed by atoms with Crippen LogP contribution in [0.5, 0.6) is 0 Å². The summed E-state index contributed by atoms with van der Waals surface area (Å²) in [4.78, 5) is 42.2. The fraction of sp³-hybridized carbons (Fsp3) is 0.321. The summed E-state index contributed by atoms with van der Waals surface area (Å²) >= 11 is 0. The van der Waals surface area contributed by atoms with Crippen molar-refractivity contribution in [3.05, 3.63) is 77.4 Å². The zero-order valence-electron chi connectivity index (χ0n) is 21.8.